The van der Waals surface area contributed by atoms with Crippen molar-refractivity contribution < 1.29 is 38.7 Å². The Morgan fingerprint density at radius 2 is 1.30 bits per heavy atom. The molecule has 0 amide bonds. The first kappa shape index (κ1) is 34.5. The molecule has 0 saturated carbocycles. The Morgan fingerprint density at radius 3 is 1.75 bits per heavy atom. The first-order chi connectivity index (χ1) is 18.8. The Morgan fingerprint density at radius 1 is 0.850 bits per heavy atom. The lowest BCUT2D eigenvalue weighted by molar-refractivity contribution is -0.142. The van der Waals surface area contributed by atoms with Gasteiger partial charge in [-0.3, -0.25) is 0 Å². The minimum atomic E-state index is -0.998. The van der Waals surface area contributed by atoms with Gasteiger partial charge in [0.2, 0.25) is 0 Å². The number of carbonyl (C=O) groups is 2. The van der Waals surface area contributed by atoms with E-state index in [9.17, 15) is 19.8 Å². The fourth-order valence-corrected chi connectivity index (χ4v) is 6.29. The zero-order chi connectivity index (χ0) is 30.0. The molecule has 0 aliphatic carbocycles. The molecule has 0 aliphatic heterocycles. The summed E-state index contributed by atoms with van der Waals surface area (Å²) < 4.78 is 24.1. The van der Waals surface area contributed by atoms with E-state index in [0.717, 1.165) is 17.2 Å². The molecule has 8 nitrogen and oxygen atoms in total. The van der Waals surface area contributed by atoms with Crippen LogP contribution in [0.1, 0.15) is 30.9 Å². The van der Waals surface area contributed by atoms with Crippen molar-refractivity contribution in [3.8, 4) is 11.5 Å². The van der Waals surface area contributed by atoms with E-state index in [2.05, 4.69) is 83.8 Å². The minimum absolute atomic E-state index is 0.0650. The maximum Gasteiger partial charge on any atom is 0.333 e. The second kappa shape index (κ2) is 16.7. The number of carbonyl (C=O) groups excluding carboxylic acids is 2. The third-order valence-electron chi connectivity index (χ3n) is 5.37. The predicted molar refractivity (Wildman–Crippen MR) is 166 cm³/mol. The summed E-state index contributed by atoms with van der Waals surface area (Å²) in [5, 5.41) is 20.1. The van der Waals surface area contributed by atoms with Gasteiger partial charge in [-0.1, -0.05) is 20.1 Å². The molecule has 2 rings (SSSR count). The second-order valence-corrected chi connectivity index (χ2v) is 12.4. The molecule has 0 saturated heterocycles. The van der Waals surface area contributed by atoms with Crippen LogP contribution in [0.5, 0.6) is 11.5 Å². The lowest BCUT2D eigenvalue weighted by atomic mass is 9.93. The summed E-state index contributed by atoms with van der Waals surface area (Å²) in [5.41, 5.74) is 2.35. The topological polar surface area (TPSA) is 112 Å². The Kier molecular flexibility index (Phi) is 14.4. The van der Waals surface area contributed by atoms with E-state index in [1.807, 2.05) is 24.3 Å². The number of aliphatic hydroxyl groups is 2. The zero-order valence-electron chi connectivity index (χ0n) is 21.9. The van der Waals surface area contributed by atoms with Crippen LogP contribution < -0.4 is 9.47 Å². The van der Waals surface area contributed by atoms with Crippen molar-refractivity contribution >= 4 is 75.7 Å². The molecular formula is C28H30Br4O8. The Balaban J connectivity index is 2.00. The molecule has 3 atom stereocenters. The summed E-state index contributed by atoms with van der Waals surface area (Å²) in [5.74, 6) is -0.00768. The van der Waals surface area contributed by atoms with Crippen LogP contribution in [0, 0.1) is 0 Å². The van der Waals surface area contributed by atoms with Crippen LogP contribution in [0.2, 0.25) is 0 Å². The molecule has 0 aliphatic rings. The third-order valence-corrected chi connectivity index (χ3v) is 7.73. The lowest BCUT2D eigenvalue weighted by Crippen LogP contribution is -2.25. The average molecular weight is 814 g/mol. The highest BCUT2D eigenvalue weighted by Crippen LogP contribution is 2.39. The van der Waals surface area contributed by atoms with Crippen LogP contribution in [-0.2, 0) is 25.5 Å². The normalized spacial score (nSPS) is 13.1. The van der Waals surface area contributed by atoms with Crippen LogP contribution >= 0.6 is 63.7 Å². The van der Waals surface area contributed by atoms with Gasteiger partial charge in [0.25, 0.3) is 0 Å². The van der Waals surface area contributed by atoms with Gasteiger partial charge in [-0.2, -0.15) is 0 Å². The molecule has 40 heavy (non-hydrogen) atoms. The average Bonchev–Trinajstić information content (AvgIpc) is 2.88. The fourth-order valence-electron chi connectivity index (χ4n) is 3.33. The maximum atomic E-state index is 11.5. The molecule has 218 valence electrons. The van der Waals surface area contributed by atoms with Gasteiger partial charge in [-0.05, 0) is 118 Å². The van der Waals surface area contributed by atoms with E-state index in [1.165, 1.54) is 6.92 Å². The lowest BCUT2D eigenvalue weighted by Gasteiger charge is -2.19. The number of aliphatic hydroxyl groups excluding tert-OH is 2. The van der Waals surface area contributed by atoms with Crippen LogP contribution in [0.25, 0.3) is 0 Å². The van der Waals surface area contributed by atoms with Crippen molar-refractivity contribution in [2.75, 3.05) is 26.4 Å². The molecule has 0 fully saturated rings. The van der Waals surface area contributed by atoms with Gasteiger partial charge in [0.05, 0.1) is 17.9 Å². The number of ether oxygens (including phenoxy) is 4. The maximum absolute atomic E-state index is 11.5. The van der Waals surface area contributed by atoms with E-state index in [1.54, 1.807) is 0 Å². The summed E-state index contributed by atoms with van der Waals surface area (Å²) >= 11 is 14.2. The minimum Gasteiger partial charge on any atom is -0.488 e. The quantitative estimate of drug-likeness (QED) is 0.157. The molecule has 2 aromatic rings. The van der Waals surface area contributed by atoms with Gasteiger partial charge >= 0.3 is 11.9 Å². The van der Waals surface area contributed by atoms with Gasteiger partial charge in [-0.15, -0.1) is 0 Å². The standard InChI is InChI=1S/C28H30Br4O8/c1-5-25(35)37-11-19(33)12-38-26-21(29)7-17(8-22(26)30)6-16(4)18-9-23(31)27(24(32)10-18)39-13-20(34)14-40-28(36)15(2)3/h5,7-10,16,19-20,33-34H,1-2,6,11-14H2,3-4H3. The second-order valence-electron chi connectivity index (χ2n) is 8.95. The van der Waals surface area contributed by atoms with E-state index in [-0.39, 0.29) is 37.9 Å². The summed E-state index contributed by atoms with van der Waals surface area (Å²) in [6.07, 6.45) is -0.249. The van der Waals surface area contributed by atoms with Crippen molar-refractivity contribution in [3.63, 3.8) is 0 Å². The first-order valence-electron chi connectivity index (χ1n) is 12.0. The SMILES string of the molecule is C=CC(=O)OCC(O)COc1c(Br)cc(CC(C)c2cc(Br)c(OCC(O)COC(=O)C(=C)C)c(Br)c2)cc1Br. The molecular weight excluding hydrogens is 784 g/mol. The van der Waals surface area contributed by atoms with Crippen LogP contribution in [-0.4, -0.2) is 60.8 Å². The highest BCUT2D eigenvalue weighted by molar-refractivity contribution is 9.11. The number of halogens is 4. The van der Waals surface area contributed by atoms with Gasteiger partial charge in [0, 0.05) is 11.6 Å². The predicted octanol–water partition coefficient (Wildman–Crippen LogP) is 6.41. The highest BCUT2D eigenvalue weighted by atomic mass is 79.9. The Labute approximate surface area is 267 Å². The monoisotopic (exact) mass is 810 g/mol. The van der Waals surface area contributed by atoms with E-state index in [0.29, 0.717) is 35.8 Å². The largest absolute Gasteiger partial charge is 0.488 e. The van der Waals surface area contributed by atoms with Gasteiger partial charge in [0.1, 0.15) is 50.1 Å². The Bertz CT molecular complexity index is 1190. The van der Waals surface area contributed by atoms with Crippen molar-refractivity contribution in [2.24, 2.45) is 0 Å². The fraction of sp³-hybridized carbons (Fsp3) is 0.357. The number of benzene rings is 2. The van der Waals surface area contributed by atoms with Gasteiger partial charge in [0.15, 0.2) is 0 Å². The highest BCUT2D eigenvalue weighted by Gasteiger charge is 2.18. The summed E-state index contributed by atoms with van der Waals surface area (Å²) in [6.45, 7) is 9.92. The van der Waals surface area contributed by atoms with Crippen LogP contribution in [0.15, 0.2) is 67.0 Å². The third kappa shape index (κ3) is 10.9. The summed E-state index contributed by atoms with van der Waals surface area (Å²) in [7, 11) is 0. The molecule has 0 bridgehead atoms. The van der Waals surface area contributed by atoms with Crippen molar-refractivity contribution in [3.05, 3.63) is 78.1 Å². The van der Waals surface area contributed by atoms with Crippen molar-refractivity contribution in [1.82, 2.24) is 0 Å². The zero-order valence-corrected chi connectivity index (χ0v) is 28.3. The summed E-state index contributed by atoms with van der Waals surface area (Å²) in [6, 6.07) is 7.81. The van der Waals surface area contributed by atoms with Crippen molar-refractivity contribution in [1.29, 1.82) is 0 Å². The number of hydrogen-bond donors (Lipinski definition) is 2. The van der Waals surface area contributed by atoms with Gasteiger partial charge < -0.3 is 29.2 Å². The van der Waals surface area contributed by atoms with E-state index >= 15 is 0 Å². The molecule has 0 aromatic heterocycles. The molecule has 2 N–H and O–H groups in total. The van der Waals surface area contributed by atoms with Crippen LogP contribution in [0.3, 0.4) is 0 Å². The molecule has 3 unspecified atom stereocenters. The first-order valence-corrected chi connectivity index (χ1v) is 15.2. The Hall–Kier alpha value is -1.70. The van der Waals surface area contributed by atoms with Crippen molar-refractivity contribution in [2.45, 2.75) is 38.4 Å². The van der Waals surface area contributed by atoms with Crippen LogP contribution in [0.4, 0.5) is 0 Å². The number of esters is 2. The molecule has 12 heteroatoms. The molecule has 2 aromatic carbocycles. The van der Waals surface area contributed by atoms with Gasteiger partial charge in [-0.25, -0.2) is 9.59 Å². The number of rotatable bonds is 15. The number of hydrogen-bond acceptors (Lipinski definition) is 8. The van der Waals surface area contributed by atoms with E-state index < -0.39 is 24.1 Å². The smallest absolute Gasteiger partial charge is 0.333 e. The molecule has 0 radical (unpaired) electrons. The molecule has 0 spiro atoms. The van der Waals surface area contributed by atoms with E-state index in [4.69, 9.17) is 18.9 Å². The summed E-state index contributed by atoms with van der Waals surface area (Å²) in [4.78, 5) is 22.6. The molecule has 0 heterocycles.